The highest BCUT2D eigenvalue weighted by Crippen LogP contribution is 2.57. The normalized spacial score (nSPS) is 12.4. The van der Waals surface area contributed by atoms with Gasteiger partial charge in [-0.1, -0.05) is 243 Å². The van der Waals surface area contributed by atoms with Crippen LogP contribution in [0.15, 0.2) is 285 Å². The molecule has 0 bridgehead atoms. The molecule has 0 saturated carbocycles. The van der Waals surface area contributed by atoms with Crippen molar-refractivity contribution in [2.45, 2.75) is 5.41 Å². The molecule has 0 heterocycles. The minimum absolute atomic E-state index is 0.534. The molecule has 0 N–H and O–H groups in total. The van der Waals surface area contributed by atoms with Crippen molar-refractivity contribution in [2.24, 2.45) is 0 Å². The second-order valence-electron chi connectivity index (χ2n) is 18.3. The number of hydrogen-bond donors (Lipinski definition) is 0. The van der Waals surface area contributed by atoms with E-state index in [0.717, 1.165) is 28.2 Å². The maximum atomic E-state index is 2.47. The lowest BCUT2D eigenvalue weighted by atomic mass is 9.67. The van der Waals surface area contributed by atoms with Crippen LogP contribution in [0, 0.1) is 0 Å². The first-order valence-corrected chi connectivity index (χ1v) is 24.2. The molecule has 0 atom stereocenters. The quantitative estimate of drug-likeness (QED) is 0.131. The van der Waals surface area contributed by atoms with Gasteiger partial charge < -0.3 is 4.90 Å². The van der Waals surface area contributed by atoms with E-state index >= 15 is 0 Å². The Kier molecular flexibility index (Phi) is 10.1. The van der Waals surface area contributed by atoms with Crippen molar-refractivity contribution in [1.29, 1.82) is 0 Å². The molecular formula is C69H47N. The van der Waals surface area contributed by atoms with Crippen molar-refractivity contribution in [3.8, 4) is 55.6 Å². The van der Waals surface area contributed by atoms with Gasteiger partial charge in [-0.15, -0.1) is 0 Å². The predicted molar refractivity (Wildman–Crippen MR) is 295 cm³/mol. The van der Waals surface area contributed by atoms with Crippen LogP contribution in [-0.2, 0) is 5.41 Å². The minimum Gasteiger partial charge on any atom is -0.310 e. The molecule has 0 amide bonds. The van der Waals surface area contributed by atoms with Gasteiger partial charge in [-0.2, -0.15) is 0 Å². The number of fused-ring (bicyclic) bond motifs is 6. The van der Waals surface area contributed by atoms with E-state index in [1.165, 1.54) is 88.3 Å². The summed E-state index contributed by atoms with van der Waals surface area (Å²) < 4.78 is 0. The summed E-state index contributed by atoms with van der Waals surface area (Å²) in [7, 11) is 0. The second-order valence-corrected chi connectivity index (χ2v) is 18.3. The van der Waals surface area contributed by atoms with Gasteiger partial charge in [0.05, 0.1) is 5.41 Å². The SMILES string of the molecule is c1ccc(-c2cccc(N(c3cccc(-c4ccc5c(c4)c(-c4ccccc4)c(-c4ccccc4)c4ccccc45)c3)c3ccc4c(c3)C(c3ccccc3)(c3ccccc3)c3ccccc3-4)c2)cc1. The Labute approximate surface area is 409 Å². The zero-order valence-electron chi connectivity index (χ0n) is 38.6. The van der Waals surface area contributed by atoms with Crippen molar-refractivity contribution in [1.82, 2.24) is 0 Å². The highest BCUT2D eigenvalue weighted by molar-refractivity contribution is 6.22. The lowest BCUT2D eigenvalue weighted by Gasteiger charge is -2.35. The van der Waals surface area contributed by atoms with Gasteiger partial charge in [0.2, 0.25) is 0 Å². The topological polar surface area (TPSA) is 3.24 Å². The predicted octanol–water partition coefficient (Wildman–Crippen LogP) is 18.5. The molecule has 12 aromatic carbocycles. The van der Waals surface area contributed by atoms with E-state index in [2.05, 4.69) is 290 Å². The minimum atomic E-state index is -0.534. The van der Waals surface area contributed by atoms with Gasteiger partial charge in [0.25, 0.3) is 0 Å². The van der Waals surface area contributed by atoms with Crippen LogP contribution in [0.4, 0.5) is 17.1 Å². The summed E-state index contributed by atoms with van der Waals surface area (Å²) in [4.78, 5) is 2.46. The van der Waals surface area contributed by atoms with Gasteiger partial charge in [-0.3, -0.25) is 0 Å². The Hall–Kier alpha value is -9.04. The largest absolute Gasteiger partial charge is 0.310 e. The van der Waals surface area contributed by atoms with Crippen LogP contribution in [-0.4, -0.2) is 0 Å². The number of nitrogens with zero attached hydrogens (tertiary/aromatic N) is 1. The highest BCUT2D eigenvalue weighted by Gasteiger charge is 2.46. The van der Waals surface area contributed by atoms with Crippen molar-refractivity contribution >= 4 is 38.6 Å². The summed E-state index contributed by atoms with van der Waals surface area (Å²) in [5.74, 6) is 0. The van der Waals surface area contributed by atoms with Gasteiger partial charge in [0.1, 0.15) is 0 Å². The lowest BCUT2D eigenvalue weighted by Crippen LogP contribution is -2.28. The summed E-state index contributed by atoms with van der Waals surface area (Å²) in [5, 5.41) is 4.98. The highest BCUT2D eigenvalue weighted by atomic mass is 15.1. The van der Waals surface area contributed by atoms with E-state index in [1.807, 2.05) is 0 Å². The van der Waals surface area contributed by atoms with E-state index in [1.54, 1.807) is 0 Å². The molecule has 0 unspecified atom stereocenters. The molecule has 13 rings (SSSR count). The number of anilines is 3. The first kappa shape index (κ1) is 41.2. The smallest absolute Gasteiger partial charge is 0.0714 e. The van der Waals surface area contributed by atoms with Gasteiger partial charge in [-0.05, 0) is 142 Å². The Morgan fingerprint density at radius 2 is 0.657 bits per heavy atom. The van der Waals surface area contributed by atoms with Crippen LogP contribution in [0.25, 0.3) is 77.2 Å². The third-order valence-corrected chi connectivity index (χ3v) is 14.5. The van der Waals surface area contributed by atoms with Crippen LogP contribution in [0.1, 0.15) is 22.3 Å². The zero-order valence-corrected chi connectivity index (χ0v) is 38.6. The molecule has 1 aliphatic rings. The summed E-state index contributed by atoms with van der Waals surface area (Å²) in [6, 6.07) is 105. The first-order valence-electron chi connectivity index (χ1n) is 24.2. The van der Waals surface area contributed by atoms with E-state index in [0.29, 0.717) is 0 Å². The summed E-state index contributed by atoms with van der Waals surface area (Å²) in [6.45, 7) is 0. The average molecular weight is 890 g/mol. The van der Waals surface area contributed by atoms with Gasteiger partial charge in [-0.25, -0.2) is 0 Å². The van der Waals surface area contributed by atoms with E-state index in [4.69, 9.17) is 0 Å². The van der Waals surface area contributed by atoms with Crippen LogP contribution in [0.3, 0.4) is 0 Å². The molecule has 0 saturated heterocycles. The fraction of sp³-hybridized carbons (Fsp3) is 0.0145. The number of benzene rings is 12. The third-order valence-electron chi connectivity index (χ3n) is 14.5. The van der Waals surface area contributed by atoms with Crippen LogP contribution in [0.2, 0.25) is 0 Å². The van der Waals surface area contributed by atoms with Crippen molar-refractivity contribution in [2.75, 3.05) is 4.90 Å². The fourth-order valence-corrected chi connectivity index (χ4v) is 11.5. The fourth-order valence-electron chi connectivity index (χ4n) is 11.5. The van der Waals surface area contributed by atoms with Gasteiger partial charge in [0.15, 0.2) is 0 Å². The molecule has 0 aromatic heterocycles. The maximum absolute atomic E-state index is 2.47. The second kappa shape index (κ2) is 17.2. The van der Waals surface area contributed by atoms with Gasteiger partial charge >= 0.3 is 0 Å². The molecule has 0 radical (unpaired) electrons. The van der Waals surface area contributed by atoms with Crippen molar-refractivity contribution in [3.63, 3.8) is 0 Å². The van der Waals surface area contributed by atoms with Gasteiger partial charge in [0, 0.05) is 17.1 Å². The first-order chi connectivity index (χ1) is 34.7. The third kappa shape index (κ3) is 6.78. The molecule has 12 aromatic rings. The number of rotatable bonds is 9. The molecule has 0 fully saturated rings. The summed E-state index contributed by atoms with van der Waals surface area (Å²) in [6.07, 6.45) is 0. The van der Waals surface area contributed by atoms with E-state index < -0.39 is 5.41 Å². The molecule has 1 aliphatic carbocycles. The molecule has 0 spiro atoms. The monoisotopic (exact) mass is 889 g/mol. The summed E-state index contributed by atoms with van der Waals surface area (Å²) in [5.41, 5.74) is 19.9. The Morgan fingerprint density at radius 1 is 0.229 bits per heavy atom. The maximum Gasteiger partial charge on any atom is 0.0714 e. The van der Waals surface area contributed by atoms with Crippen LogP contribution >= 0.6 is 0 Å². The molecule has 1 heteroatoms. The molecular weight excluding hydrogens is 843 g/mol. The van der Waals surface area contributed by atoms with Crippen molar-refractivity contribution in [3.05, 3.63) is 307 Å². The van der Waals surface area contributed by atoms with Crippen molar-refractivity contribution < 1.29 is 0 Å². The Bertz CT molecular complexity index is 3820. The molecule has 0 aliphatic heterocycles. The molecule has 70 heavy (non-hydrogen) atoms. The standard InChI is InChI=1S/C69H47N/c1-6-22-48(23-7-1)51-28-20-34-56(44-51)70(58-41-43-62-61-37-18-19-39-65(61)69(66(62)47-58,54-30-12-4-13-31-54)55-32-14-5-15-33-55)57-35-21-29-52(45-57)53-40-42-60-59-36-16-17-38-63(59)67(49-24-8-2-9-25-49)68(64(60)46-53)50-26-10-3-11-27-50/h1-47H. The zero-order chi connectivity index (χ0) is 46.4. The molecule has 1 nitrogen and oxygen atoms in total. The lowest BCUT2D eigenvalue weighted by molar-refractivity contribution is 0.768. The Morgan fingerprint density at radius 3 is 1.27 bits per heavy atom. The van der Waals surface area contributed by atoms with Crippen LogP contribution in [0.5, 0.6) is 0 Å². The van der Waals surface area contributed by atoms with E-state index in [-0.39, 0.29) is 0 Å². The Balaban J connectivity index is 1.04. The van der Waals surface area contributed by atoms with E-state index in [9.17, 15) is 0 Å². The average Bonchev–Trinajstić information content (AvgIpc) is 3.74. The number of hydrogen-bond acceptors (Lipinski definition) is 1. The van der Waals surface area contributed by atoms with Crippen LogP contribution < -0.4 is 4.90 Å². The summed E-state index contributed by atoms with van der Waals surface area (Å²) >= 11 is 0. The molecule has 328 valence electrons.